The fourth-order valence-electron chi connectivity index (χ4n) is 1.35. The first-order valence-electron chi connectivity index (χ1n) is 5.79. The van der Waals surface area contributed by atoms with Crippen molar-refractivity contribution in [3.8, 4) is 0 Å². The molecule has 0 aromatic rings. The van der Waals surface area contributed by atoms with Gasteiger partial charge in [-0.3, -0.25) is 0 Å². The van der Waals surface area contributed by atoms with Crippen LogP contribution in [0.1, 0.15) is 27.2 Å². The third-order valence-corrected chi connectivity index (χ3v) is 2.67. The molecule has 0 heterocycles. The number of carboxylic acids is 1. The fraction of sp³-hybridized carbons (Fsp3) is 0.833. The molecule has 0 N–H and O–H groups in total. The molecule has 0 rings (SSSR count). The van der Waals surface area contributed by atoms with Crippen molar-refractivity contribution in [2.75, 3.05) is 27.7 Å². The third kappa shape index (κ3) is 10.4. The van der Waals surface area contributed by atoms with Crippen molar-refractivity contribution in [1.82, 2.24) is 0 Å². The molecule has 0 saturated heterocycles. The predicted molar refractivity (Wildman–Crippen MR) is 70.1 cm³/mol. The Kier molecular flexibility index (Phi) is 6.16. The van der Waals surface area contributed by atoms with E-state index in [1.807, 2.05) is 41.9 Å². The van der Waals surface area contributed by atoms with Crippen LogP contribution in [0.3, 0.4) is 0 Å². The van der Waals surface area contributed by atoms with Gasteiger partial charge in [-0.25, -0.2) is 4.79 Å². The normalized spacial score (nSPS) is 14.1. The SMILES string of the molecule is CC(C)(C)SC(=O)OC(CC(=O)[O-])C[N+](C)(C)C. The van der Waals surface area contributed by atoms with Crippen LogP contribution in [0.4, 0.5) is 4.79 Å². The molecule has 0 aromatic carbocycles. The van der Waals surface area contributed by atoms with Crippen LogP contribution in [-0.2, 0) is 9.53 Å². The number of nitrogens with zero attached hydrogens (tertiary/aromatic N) is 1. The summed E-state index contributed by atoms with van der Waals surface area (Å²) < 4.78 is 5.47. The molecule has 106 valence electrons. The van der Waals surface area contributed by atoms with Crippen LogP contribution in [0.5, 0.6) is 0 Å². The van der Waals surface area contributed by atoms with Gasteiger partial charge < -0.3 is 19.1 Å². The third-order valence-electron chi connectivity index (χ3n) is 1.80. The zero-order valence-corrected chi connectivity index (χ0v) is 12.8. The molecule has 0 aliphatic heterocycles. The maximum atomic E-state index is 11.7. The van der Waals surface area contributed by atoms with Crippen molar-refractivity contribution < 1.29 is 23.9 Å². The van der Waals surface area contributed by atoms with Gasteiger partial charge in [0.25, 0.3) is 0 Å². The minimum Gasteiger partial charge on any atom is -0.550 e. The second-order valence-corrected chi connectivity index (χ2v) is 8.02. The molecule has 0 saturated carbocycles. The molecule has 0 radical (unpaired) electrons. The summed E-state index contributed by atoms with van der Waals surface area (Å²) in [7, 11) is 5.73. The van der Waals surface area contributed by atoms with Crippen molar-refractivity contribution in [2.45, 2.75) is 38.0 Å². The summed E-state index contributed by atoms with van der Waals surface area (Å²) in [5.74, 6) is -1.21. The van der Waals surface area contributed by atoms with Crippen LogP contribution in [0.2, 0.25) is 0 Å². The van der Waals surface area contributed by atoms with E-state index >= 15 is 0 Å². The van der Waals surface area contributed by atoms with Gasteiger partial charge in [0.1, 0.15) is 6.54 Å². The summed E-state index contributed by atoms with van der Waals surface area (Å²) in [4.78, 5) is 22.3. The number of aliphatic carboxylic acids is 1. The Morgan fingerprint density at radius 3 is 2.11 bits per heavy atom. The van der Waals surface area contributed by atoms with Crippen molar-refractivity contribution >= 4 is 23.0 Å². The summed E-state index contributed by atoms with van der Waals surface area (Å²) in [6.45, 7) is 6.12. The smallest absolute Gasteiger partial charge is 0.368 e. The number of carboxylic acid groups (broad SMARTS) is 1. The Morgan fingerprint density at radius 1 is 1.28 bits per heavy atom. The molecule has 1 unspecified atom stereocenters. The van der Waals surface area contributed by atoms with E-state index in [9.17, 15) is 14.7 Å². The molecule has 1 atom stereocenters. The van der Waals surface area contributed by atoms with Crippen LogP contribution in [0.15, 0.2) is 0 Å². The lowest BCUT2D eigenvalue weighted by atomic mass is 10.2. The summed E-state index contributed by atoms with van der Waals surface area (Å²) >= 11 is 1.06. The zero-order valence-electron chi connectivity index (χ0n) is 12.0. The number of likely N-dealkylation sites (N-methyl/N-ethyl adjacent to an activating group) is 1. The van der Waals surface area contributed by atoms with Crippen LogP contribution in [0.25, 0.3) is 0 Å². The van der Waals surface area contributed by atoms with Gasteiger partial charge in [-0.15, -0.1) is 0 Å². The lowest BCUT2D eigenvalue weighted by molar-refractivity contribution is -0.873. The van der Waals surface area contributed by atoms with E-state index in [4.69, 9.17) is 4.74 Å². The number of ether oxygens (including phenoxy) is 1. The summed E-state index contributed by atoms with van der Waals surface area (Å²) in [5, 5.41) is 10.2. The van der Waals surface area contributed by atoms with Gasteiger partial charge in [0.05, 0.1) is 21.1 Å². The van der Waals surface area contributed by atoms with E-state index in [1.165, 1.54) is 0 Å². The van der Waals surface area contributed by atoms with E-state index < -0.39 is 17.4 Å². The fourth-order valence-corrected chi connectivity index (χ4v) is 2.03. The minimum absolute atomic E-state index is 0.250. The highest BCUT2D eigenvalue weighted by Crippen LogP contribution is 2.26. The Morgan fingerprint density at radius 2 is 1.78 bits per heavy atom. The molecular formula is C12H23NO4S. The molecule has 0 aliphatic carbocycles. The van der Waals surface area contributed by atoms with Gasteiger partial charge >= 0.3 is 5.30 Å². The Labute approximate surface area is 113 Å². The minimum atomic E-state index is -1.21. The number of rotatable bonds is 5. The van der Waals surface area contributed by atoms with Gasteiger partial charge in [-0.05, 0) is 11.8 Å². The molecule has 0 spiro atoms. The standard InChI is InChI=1S/C12H23NO4S/c1-12(2,3)18-11(16)17-9(7-10(14)15)8-13(4,5)6/h9H,7-8H2,1-6H3. The molecule has 0 aromatic heterocycles. The van der Waals surface area contributed by atoms with E-state index in [0.717, 1.165) is 11.8 Å². The quantitative estimate of drug-likeness (QED) is 0.551. The molecular weight excluding hydrogens is 254 g/mol. The Bertz CT molecular complexity index is 304. The first kappa shape index (κ1) is 17.2. The maximum Gasteiger partial charge on any atom is 0.368 e. The molecule has 0 amide bonds. The average Bonchev–Trinajstić information content (AvgIpc) is 1.92. The van der Waals surface area contributed by atoms with Crippen molar-refractivity contribution in [3.63, 3.8) is 0 Å². The van der Waals surface area contributed by atoms with Crippen LogP contribution in [-0.4, -0.2) is 54.3 Å². The molecule has 0 fully saturated rings. The van der Waals surface area contributed by atoms with E-state index in [0.29, 0.717) is 11.0 Å². The zero-order chi connectivity index (χ0) is 14.6. The van der Waals surface area contributed by atoms with Crippen molar-refractivity contribution in [2.24, 2.45) is 0 Å². The number of carbonyl (C=O) groups is 2. The number of quaternary nitrogens is 1. The maximum absolute atomic E-state index is 11.7. The Balaban J connectivity index is 4.50. The number of thioether (sulfide) groups is 1. The topological polar surface area (TPSA) is 66.4 Å². The van der Waals surface area contributed by atoms with Gasteiger partial charge in [-0.2, -0.15) is 0 Å². The van der Waals surface area contributed by atoms with E-state index in [1.54, 1.807) is 0 Å². The summed E-state index contributed by atoms with van der Waals surface area (Å²) in [6.07, 6.45) is -0.927. The van der Waals surface area contributed by atoms with Crippen LogP contribution < -0.4 is 5.11 Å². The highest BCUT2D eigenvalue weighted by molar-refractivity contribution is 8.14. The second-order valence-electron chi connectivity index (χ2n) is 6.25. The number of hydrogen-bond donors (Lipinski definition) is 0. The molecule has 0 bridgehead atoms. The van der Waals surface area contributed by atoms with Crippen LogP contribution in [0, 0.1) is 0 Å². The van der Waals surface area contributed by atoms with Crippen LogP contribution >= 0.6 is 11.8 Å². The average molecular weight is 277 g/mol. The van der Waals surface area contributed by atoms with Crippen molar-refractivity contribution in [3.05, 3.63) is 0 Å². The lowest BCUT2D eigenvalue weighted by Crippen LogP contribution is -2.45. The van der Waals surface area contributed by atoms with Gasteiger partial charge in [0.15, 0.2) is 6.10 Å². The van der Waals surface area contributed by atoms with Gasteiger partial charge in [0, 0.05) is 17.1 Å². The Hall–Kier alpha value is -0.750. The highest BCUT2D eigenvalue weighted by Gasteiger charge is 2.25. The molecule has 6 heteroatoms. The van der Waals surface area contributed by atoms with E-state index in [2.05, 4.69) is 0 Å². The lowest BCUT2D eigenvalue weighted by Gasteiger charge is -2.29. The largest absolute Gasteiger partial charge is 0.550 e. The summed E-state index contributed by atoms with van der Waals surface area (Å²) in [5.41, 5.74) is 0. The predicted octanol–water partition coefficient (Wildman–Crippen LogP) is 0.869. The van der Waals surface area contributed by atoms with E-state index in [-0.39, 0.29) is 11.2 Å². The molecule has 5 nitrogen and oxygen atoms in total. The summed E-state index contributed by atoms with van der Waals surface area (Å²) in [6, 6.07) is 0. The first-order chi connectivity index (χ1) is 7.89. The monoisotopic (exact) mass is 277 g/mol. The van der Waals surface area contributed by atoms with Gasteiger partial charge in [-0.1, -0.05) is 20.8 Å². The molecule has 18 heavy (non-hydrogen) atoms. The second kappa shape index (κ2) is 6.43. The highest BCUT2D eigenvalue weighted by atomic mass is 32.2. The number of carbonyl (C=O) groups excluding carboxylic acids is 2. The molecule has 0 aliphatic rings. The van der Waals surface area contributed by atoms with Gasteiger partial charge in [0.2, 0.25) is 0 Å². The van der Waals surface area contributed by atoms with Crippen molar-refractivity contribution in [1.29, 1.82) is 0 Å². The number of hydrogen-bond acceptors (Lipinski definition) is 5. The first-order valence-corrected chi connectivity index (χ1v) is 6.60.